The molecule has 1 aromatic heterocycles. The van der Waals surface area contributed by atoms with Crippen molar-refractivity contribution in [3.63, 3.8) is 0 Å². The Labute approximate surface area is 112 Å². The van der Waals surface area contributed by atoms with Crippen molar-refractivity contribution >= 4 is 5.91 Å². The number of nitrogens with one attached hydrogen (secondary N) is 1. The minimum atomic E-state index is -0.112. The van der Waals surface area contributed by atoms with Crippen LogP contribution in [0.3, 0.4) is 0 Å². The van der Waals surface area contributed by atoms with Gasteiger partial charge in [0.25, 0.3) is 5.91 Å². The van der Waals surface area contributed by atoms with Gasteiger partial charge in [0.2, 0.25) is 0 Å². The molecule has 0 spiro atoms. The molecule has 5 heteroatoms. The molecular formula is C14H19N3O2. The third-order valence-corrected chi connectivity index (χ3v) is 4.21. The fourth-order valence-electron chi connectivity index (χ4n) is 3.08. The number of nitrogens with zero attached hydrogens (tertiary/aromatic N) is 1. The lowest BCUT2D eigenvalue weighted by Gasteiger charge is -2.45. The Morgan fingerprint density at radius 3 is 3.00 bits per heavy atom. The predicted molar refractivity (Wildman–Crippen MR) is 70.8 cm³/mol. The molecule has 1 saturated heterocycles. The average Bonchev–Trinajstić information content (AvgIpc) is 2.80. The summed E-state index contributed by atoms with van der Waals surface area (Å²) in [6.07, 6.45) is 1.10. The van der Waals surface area contributed by atoms with Gasteiger partial charge in [-0.25, -0.2) is 0 Å². The molecule has 5 nitrogen and oxygen atoms in total. The van der Waals surface area contributed by atoms with E-state index in [1.807, 2.05) is 26.0 Å². The Kier molecular flexibility index (Phi) is 3.03. The lowest BCUT2D eigenvalue weighted by Crippen LogP contribution is -2.69. The van der Waals surface area contributed by atoms with Gasteiger partial charge in [0.05, 0.1) is 23.4 Å². The molecule has 102 valence electrons. The number of carbonyl (C=O) groups is 1. The van der Waals surface area contributed by atoms with Crippen molar-refractivity contribution < 1.29 is 9.53 Å². The summed E-state index contributed by atoms with van der Waals surface area (Å²) in [5.41, 5.74) is 8.35. The number of rotatable bonds is 2. The van der Waals surface area contributed by atoms with Gasteiger partial charge in [0.1, 0.15) is 0 Å². The minimum Gasteiger partial charge on any atom is -0.376 e. The van der Waals surface area contributed by atoms with Gasteiger partial charge in [-0.2, -0.15) is 0 Å². The number of aryl methyl sites for hydroxylation is 2. The molecule has 0 bridgehead atoms. The summed E-state index contributed by atoms with van der Waals surface area (Å²) in [4.78, 5) is 16.6. The summed E-state index contributed by atoms with van der Waals surface area (Å²) in [6.45, 7) is 4.51. The number of amides is 1. The fourth-order valence-corrected chi connectivity index (χ4v) is 3.08. The van der Waals surface area contributed by atoms with Gasteiger partial charge in [-0.1, -0.05) is 0 Å². The molecule has 3 rings (SSSR count). The molecule has 0 aromatic carbocycles. The fraction of sp³-hybridized carbons (Fsp3) is 0.571. The van der Waals surface area contributed by atoms with Gasteiger partial charge in [0, 0.05) is 24.3 Å². The summed E-state index contributed by atoms with van der Waals surface area (Å²) < 4.78 is 5.61. The van der Waals surface area contributed by atoms with Crippen LogP contribution in [0.1, 0.15) is 28.2 Å². The molecule has 2 heterocycles. The summed E-state index contributed by atoms with van der Waals surface area (Å²) >= 11 is 0. The van der Waals surface area contributed by atoms with Crippen LogP contribution < -0.4 is 11.1 Å². The molecule has 19 heavy (non-hydrogen) atoms. The highest BCUT2D eigenvalue weighted by molar-refractivity contribution is 5.95. The molecule has 1 amide bonds. The van der Waals surface area contributed by atoms with Gasteiger partial charge in [-0.05, 0) is 32.4 Å². The number of ether oxygens (including phenoxy) is 1. The molecular weight excluding hydrogens is 242 g/mol. The van der Waals surface area contributed by atoms with Crippen molar-refractivity contribution in [3.8, 4) is 0 Å². The second-order valence-electron chi connectivity index (χ2n) is 5.45. The Hall–Kier alpha value is -1.46. The van der Waals surface area contributed by atoms with Crippen LogP contribution in [0.5, 0.6) is 0 Å². The number of hydrogen-bond acceptors (Lipinski definition) is 4. The molecule has 1 aliphatic carbocycles. The zero-order valence-electron chi connectivity index (χ0n) is 11.2. The lowest BCUT2D eigenvalue weighted by molar-refractivity contribution is -0.0161. The monoisotopic (exact) mass is 261 g/mol. The SMILES string of the molecule is Cc1ccc(C(=O)NC2C(N)C3CCOC32)c(C)n1. The van der Waals surface area contributed by atoms with Crippen molar-refractivity contribution in [2.75, 3.05) is 6.61 Å². The van der Waals surface area contributed by atoms with Crippen LogP contribution in [-0.4, -0.2) is 35.7 Å². The first-order valence-corrected chi connectivity index (χ1v) is 6.70. The lowest BCUT2D eigenvalue weighted by atomic mass is 9.72. The zero-order valence-corrected chi connectivity index (χ0v) is 11.2. The highest BCUT2D eigenvalue weighted by atomic mass is 16.5. The third kappa shape index (κ3) is 2.03. The highest BCUT2D eigenvalue weighted by Crippen LogP contribution is 2.37. The summed E-state index contributed by atoms with van der Waals surface area (Å²) in [7, 11) is 0. The van der Waals surface area contributed by atoms with Crippen LogP contribution in [0.15, 0.2) is 12.1 Å². The highest BCUT2D eigenvalue weighted by Gasteiger charge is 2.52. The van der Waals surface area contributed by atoms with Crippen molar-refractivity contribution in [3.05, 3.63) is 29.1 Å². The summed E-state index contributed by atoms with van der Waals surface area (Å²) in [5.74, 6) is 0.293. The smallest absolute Gasteiger partial charge is 0.253 e. The van der Waals surface area contributed by atoms with Crippen molar-refractivity contribution in [2.45, 2.75) is 38.5 Å². The van der Waals surface area contributed by atoms with E-state index in [4.69, 9.17) is 10.5 Å². The van der Waals surface area contributed by atoms with E-state index in [0.717, 1.165) is 24.4 Å². The topological polar surface area (TPSA) is 77.2 Å². The molecule has 4 unspecified atom stereocenters. The van der Waals surface area contributed by atoms with Gasteiger partial charge >= 0.3 is 0 Å². The van der Waals surface area contributed by atoms with Gasteiger partial charge in [-0.15, -0.1) is 0 Å². The first-order chi connectivity index (χ1) is 9.08. The Bertz CT molecular complexity index is 517. The number of pyridine rings is 1. The van der Waals surface area contributed by atoms with E-state index in [1.54, 1.807) is 0 Å². The Morgan fingerprint density at radius 2 is 2.26 bits per heavy atom. The summed E-state index contributed by atoms with van der Waals surface area (Å²) in [5, 5.41) is 2.99. The van der Waals surface area contributed by atoms with Gasteiger partial charge < -0.3 is 15.8 Å². The van der Waals surface area contributed by atoms with E-state index in [2.05, 4.69) is 10.3 Å². The van der Waals surface area contributed by atoms with Crippen LogP contribution >= 0.6 is 0 Å². The first kappa shape index (κ1) is 12.6. The standard InChI is InChI=1S/C14H19N3O2/c1-7-3-4-9(8(2)16-7)14(18)17-12-11(15)10-5-6-19-13(10)12/h3-4,10-13H,5-6,15H2,1-2H3,(H,17,18). The second-order valence-corrected chi connectivity index (χ2v) is 5.45. The van der Waals surface area contributed by atoms with Gasteiger partial charge in [-0.3, -0.25) is 9.78 Å². The second kappa shape index (κ2) is 4.58. The van der Waals surface area contributed by atoms with E-state index >= 15 is 0 Å². The maximum atomic E-state index is 12.3. The summed E-state index contributed by atoms with van der Waals surface area (Å²) in [6, 6.07) is 3.60. The van der Waals surface area contributed by atoms with E-state index in [1.165, 1.54) is 0 Å². The van der Waals surface area contributed by atoms with Crippen LogP contribution in [0, 0.1) is 19.8 Å². The normalized spacial score (nSPS) is 32.6. The number of nitrogens with two attached hydrogens (primary N) is 1. The maximum absolute atomic E-state index is 12.3. The Balaban J connectivity index is 1.71. The molecule has 4 atom stereocenters. The number of aromatic nitrogens is 1. The molecule has 2 aliphatic rings. The van der Waals surface area contributed by atoms with Crippen molar-refractivity contribution in [1.29, 1.82) is 0 Å². The first-order valence-electron chi connectivity index (χ1n) is 6.70. The van der Waals surface area contributed by atoms with Crippen molar-refractivity contribution in [2.24, 2.45) is 11.7 Å². The number of carbonyl (C=O) groups excluding carboxylic acids is 1. The predicted octanol–water partition coefficient (Wildman–Crippen LogP) is 0.543. The molecule has 1 aliphatic heterocycles. The zero-order chi connectivity index (χ0) is 13.6. The molecule has 3 N–H and O–H groups in total. The molecule has 2 fully saturated rings. The largest absolute Gasteiger partial charge is 0.376 e. The maximum Gasteiger partial charge on any atom is 0.253 e. The van der Waals surface area contributed by atoms with Gasteiger partial charge in [0.15, 0.2) is 0 Å². The van der Waals surface area contributed by atoms with E-state index in [-0.39, 0.29) is 24.1 Å². The van der Waals surface area contributed by atoms with E-state index in [0.29, 0.717) is 11.5 Å². The van der Waals surface area contributed by atoms with Crippen LogP contribution in [-0.2, 0) is 4.74 Å². The van der Waals surface area contributed by atoms with E-state index < -0.39 is 0 Å². The van der Waals surface area contributed by atoms with E-state index in [9.17, 15) is 4.79 Å². The van der Waals surface area contributed by atoms with Crippen LogP contribution in [0.25, 0.3) is 0 Å². The minimum absolute atomic E-state index is 0.00941. The average molecular weight is 261 g/mol. The Morgan fingerprint density at radius 1 is 1.47 bits per heavy atom. The molecule has 0 radical (unpaired) electrons. The number of fused-ring (bicyclic) bond motifs is 1. The third-order valence-electron chi connectivity index (χ3n) is 4.21. The molecule has 1 aromatic rings. The van der Waals surface area contributed by atoms with Crippen LogP contribution in [0.2, 0.25) is 0 Å². The quantitative estimate of drug-likeness (QED) is 0.814. The van der Waals surface area contributed by atoms with Crippen LogP contribution in [0.4, 0.5) is 0 Å². The number of hydrogen-bond donors (Lipinski definition) is 2. The molecule has 1 saturated carbocycles. The van der Waals surface area contributed by atoms with Crippen molar-refractivity contribution in [1.82, 2.24) is 10.3 Å².